The van der Waals surface area contributed by atoms with Crippen molar-refractivity contribution in [3.63, 3.8) is 0 Å². The number of hydrogen-bond acceptors (Lipinski definition) is 4. The third kappa shape index (κ3) is 6.42. The monoisotopic (exact) mass is 722 g/mol. The lowest BCUT2D eigenvalue weighted by atomic mass is 9.88. The summed E-state index contributed by atoms with van der Waals surface area (Å²) in [5.74, 6) is 0.448. The molecule has 0 fully saturated rings. The number of fused-ring (bicyclic) bond motifs is 2. The van der Waals surface area contributed by atoms with Crippen LogP contribution >= 0.6 is 54.5 Å². The largest absolute Gasteiger partial charge is 0.333 e. The quantitative estimate of drug-likeness (QED) is 0.197. The first-order valence-corrected chi connectivity index (χ1v) is 16.9. The zero-order valence-electron chi connectivity index (χ0n) is 23.6. The van der Waals surface area contributed by atoms with Crippen LogP contribution in [0.3, 0.4) is 0 Å². The summed E-state index contributed by atoms with van der Waals surface area (Å²) in [5, 5.41) is 0. The lowest BCUT2D eigenvalue weighted by molar-refractivity contribution is -0.127. The Morgan fingerprint density at radius 1 is 0.714 bits per heavy atom. The Hall–Kier alpha value is -2.78. The molecule has 2 atom stereocenters. The van der Waals surface area contributed by atoms with Crippen molar-refractivity contribution in [2.24, 2.45) is 0 Å². The topological polar surface area (TPSA) is 40.6 Å². The minimum atomic E-state index is 0.00348. The minimum Gasteiger partial charge on any atom is -0.333 e. The number of nitrogens with zero attached hydrogens (tertiary/aromatic N) is 2. The fourth-order valence-corrected chi connectivity index (χ4v) is 9.11. The lowest BCUT2D eigenvalue weighted by Gasteiger charge is -2.33. The van der Waals surface area contributed by atoms with Crippen LogP contribution in [0.2, 0.25) is 0 Å². The van der Waals surface area contributed by atoms with Crippen molar-refractivity contribution in [1.29, 1.82) is 0 Å². The van der Waals surface area contributed by atoms with Crippen LogP contribution in [0.5, 0.6) is 0 Å². The van der Waals surface area contributed by atoms with E-state index >= 15 is 0 Å². The average molecular weight is 725 g/mol. The number of benzene rings is 2. The van der Waals surface area contributed by atoms with Crippen molar-refractivity contribution in [3.05, 3.63) is 137 Å². The average Bonchev–Trinajstić information content (AvgIpc) is 3.56. The highest BCUT2D eigenvalue weighted by Crippen LogP contribution is 2.41. The van der Waals surface area contributed by atoms with Crippen molar-refractivity contribution in [2.45, 2.75) is 38.8 Å². The summed E-state index contributed by atoms with van der Waals surface area (Å²) in [4.78, 5) is 33.0. The zero-order valence-corrected chi connectivity index (χ0v) is 28.4. The summed E-state index contributed by atoms with van der Waals surface area (Å²) in [7, 11) is 0. The van der Waals surface area contributed by atoms with E-state index in [0.717, 1.165) is 8.95 Å². The molecule has 0 saturated heterocycles. The van der Waals surface area contributed by atoms with Crippen LogP contribution in [-0.4, -0.2) is 34.7 Å². The van der Waals surface area contributed by atoms with Gasteiger partial charge in [-0.25, -0.2) is 0 Å². The minimum absolute atomic E-state index is 0.00348. The molecule has 0 spiro atoms. The molecular formula is C34H32Br2N2O2S2. The van der Waals surface area contributed by atoms with Crippen LogP contribution in [-0.2, 0) is 22.7 Å². The molecule has 4 heterocycles. The Bertz CT molecular complexity index is 1530. The maximum absolute atomic E-state index is 12.0. The summed E-state index contributed by atoms with van der Waals surface area (Å²) in [6.07, 6.45) is 2.81. The number of thiophene rings is 2. The van der Waals surface area contributed by atoms with Gasteiger partial charge in [0.1, 0.15) is 0 Å². The maximum Gasteiger partial charge on any atom is 0.246 e. The first kappa shape index (κ1) is 30.7. The van der Waals surface area contributed by atoms with Crippen LogP contribution in [0.25, 0.3) is 0 Å². The Labute approximate surface area is 272 Å². The van der Waals surface area contributed by atoms with Crippen molar-refractivity contribution in [2.75, 3.05) is 13.1 Å². The molecular weight excluding hydrogens is 692 g/mol. The van der Waals surface area contributed by atoms with E-state index in [0.29, 0.717) is 26.2 Å². The molecule has 4 aromatic rings. The molecule has 6 rings (SSSR count). The van der Waals surface area contributed by atoms with Crippen LogP contribution in [0.15, 0.2) is 94.9 Å². The normalized spacial score (nSPS) is 17.4. The third-order valence-electron chi connectivity index (χ3n) is 7.69. The summed E-state index contributed by atoms with van der Waals surface area (Å²) >= 11 is 10.9. The predicted octanol–water partition coefficient (Wildman–Crippen LogP) is 8.96. The molecule has 2 aromatic heterocycles. The van der Waals surface area contributed by atoms with E-state index < -0.39 is 0 Å². The molecule has 8 heteroatoms. The summed E-state index contributed by atoms with van der Waals surface area (Å²) in [6, 6.07) is 21.0. The molecule has 2 aromatic carbocycles. The number of aryl methyl sites for hydroxylation is 2. The molecule has 2 amide bonds. The number of halogens is 2. The van der Waals surface area contributed by atoms with Gasteiger partial charge in [-0.05, 0) is 72.5 Å². The molecule has 0 bridgehead atoms. The van der Waals surface area contributed by atoms with Gasteiger partial charge in [-0.3, -0.25) is 9.59 Å². The van der Waals surface area contributed by atoms with Crippen LogP contribution < -0.4 is 0 Å². The van der Waals surface area contributed by atoms with E-state index in [9.17, 15) is 9.59 Å². The second-order valence-corrected chi connectivity index (χ2v) is 14.9. The number of carbonyl (C=O) groups excluding carboxylic acids is 2. The van der Waals surface area contributed by atoms with Gasteiger partial charge in [-0.1, -0.05) is 81.4 Å². The van der Waals surface area contributed by atoms with E-state index in [4.69, 9.17) is 0 Å². The van der Waals surface area contributed by atoms with Gasteiger partial charge in [0.25, 0.3) is 0 Å². The first-order valence-electron chi connectivity index (χ1n) is 13.7. The van der Waals surface area contributed by atoms with Gasteiger partial charge in [0.2, 0.25) is 11.8 Å². The highest BCUT2D eigenvalue weighted by Gasteiger charge is 2.32. The van der Waals surface area contributed by atoms with E-state index in [1.807, 2.05) is 34.1 Å². The smallest absolute Gasteiger partial charge is 0.246 e. The summed E-state index contributed by atoms with van der Waals surface area (Å²) in [6.45, 7) is 14.3. The van der Waals surface area contributed by atoms with E-state index in [-0.39, 0.29) is 23.7 Å². The van der Waals surface area contributed by atoms with Crippen LogP contribution in [0.4, 0.5) is 0 Å². The number of carbonyl (C=O) groups is 2. The number of rotatable bonds is 4. The van der Waals surface area contributed by atoms with Gasteiger partial charge in [-0.15, -0.1) is 22.7 Å². The Morgan fingerprint density at radius 3 is 1.45 bits per heavy atom. The highest BCUT2D eigenvalue weighted by atomic mass is 79.9. The van der Waals surface area contributed by atoms with Gasteiger partial charge >= 0.3 is 0 Å². The molecule has 2 aliphatic heterocycles. The Kier molecular flexibility index (Phi) is 9.67. The number of hydrogen-bond donors (Lipinski definition) is 0. The highest BCUT2D eigenvalue weighted by molar-refractivity contribution is 9.10. The molecule has 216 valence electrons. The fraction of sp³-hybridized carbons (Fsp3) is 0.235. The lowest BCUT2D eigenvalue weighted by Crippen LogP contribution is -2.37. The van der Waals surface area contributed by atoms with Gasteiger partial charge < -0.3 is 9.80 Å². The Balaban J connectivity index is 0.000000168. The summed E-state index contributed by atoms with van der Waals surface area (Å²) < 4.78 is 2.19. The van der Waals surface area contributed by atoms with Crippen LogP contribution in [0.1, 0.15) is 53.6 Å². The van der Waals surface area contributed by atoms with E-state index in [1.165, 1.54) is 53.9 Å². The standard InChI is InChI=1S/2C17H16BrNOS/c2*1-3-17(20)19-9-14(12-6-4-5-7-15(12)18)13-8-11(2)21-16(13)10-19/h2*3-8,14H,1,9-10H2,2H3/t2*14-/m10/s1. The van der Waals surface area contributed by atoms with Crippen molar-refractivity contribution >= 4 is 66.3 Å². The molecule has 42 heavy (non-hydrogen) atoms. The SMILES string of the molecule is C=CC(=O)N1Cc2sc(C)cc2[C@@H](c2ccccc2Br)C1.C=CC(=O)N1Cc2sc(C)cc2[C@H](c2ccccc2Br)C1. The molecule has 0 aliphatic carbocycles. The molecule has 0 saturated carbocycles. The number of amides is 2. The fourth-order valence-electron chi connectivity index (χ4n) is 5.76. The van der Waals surface area contributed by atoms with Crippen molar-refractivity contribution in [1.82, 2.24) is 9.80 Å². The Morgan fingerprint density at radius 2 is 1.10 bits per heavy atom. The van der Waals surface area contributed by atoms with Gasteiger partial charge in [0.15, 0.2) is 0 Å². The molecule has 0 radical (unpaired) electrons. The molecule has 4 nitrogen and oxygen atoms in total. The predicted molar refractivity (Wildman–Crippen MR) is 181 cm³/mol. The zero-order chi connectivity index (χ0) is 30.0. The second-order valence-electron chi connectivity index (χ2n) is 10.5. The second kappa shape index (κ2) is 13.2. The van der Waals surface area contributed by atoms with E-state index in [1.54, 1.807) is 22.7 Å². The van der Waals surface area contributed by atoms with Gasteiger partial charge in [0.05, 0.1) is 13.1 Å². The molecule has 0 N–H and O–H groups in total. The summed E-state index contributed by atoms with van der Waals surface area (Å²) in [5.41, 5.74) is 5.19. The molecule has 0 unspecified atom stereocenters. The van der Waals surface area contributed by atoms with Gasteiger partial charge in [0, 0.05) is 53.4 Å². The maximum atomic E-state index is 12.0. The van der Waals surface area contributed by atoms with Gasteiger partial charge in [-0.2, -0.15) is 0 Å². The molecule has 2 aliphatic rings. The van der Waals surface area contributed by atoms with E-state index in [2.05, 4.69) is 95.3 Å². The van der Waals surface area contributed by atoms with Crippen molar-refractivity contribution < 1.29 is 9.59 Å². The first-order chi connectivity index (χ1) is 20.2. The third-order valence-corrected chi connectivity index (χ3v) is 11.2. The van der Waals surface area contributed by atoms with Crippen LogP contribution in [0, 0.1) is 13.8 Å². The van der Waals surface area contributed by atoms with Crippen molar-refractivity contribution in [3.8, 4) is 0 Å².